The zero-order chi connectivity index (χ0) is 54.4. The summed E-state index contributed by atoms with van der Waals surface area (Å²) in [5.74, 6) is -0.567. The zero-order valence-corrected chi connectivity index (χ0v) is 46.9. The lowest BCUT2D eigenvalue weighted by molar-refractivity contribution is -0.139. The lowest BCUT2D eigenvalue weighted by Crippen LogP contribution is -2.52. The number of hydrogen-bond acceptors (Lipinski definition) is 13. The van der Waals surface area contributed by atoms with E-state index in [9.17, 15) is 19.2 Å². The molecule has 77 heavy (non-hydrogen) atoms. The van der Waals surface area contributed by atoms with E-state index >= 15 is 0 Å². The van der Waals surface area contributed by atoms with Crippen molar-refractivity contribution in [3.8, 4) is 0 Å². The van der Waals surface area contributed by atoms with Crippen LogP contribution in [0.5, 0.6) is 0 Å². The summed E-state index contributed by atoms with van der Waals surface area (Å²) < 4.78 is 21.5. The molecule has 4 fully saturated rings. The number of hydrogen-bond donors (Lipinski definition) is 2. The highest BCUT2D eigenvalue weighted by molar-refractivity contribution is 6.35. The van der Waals surface area contributed by atoms with Crippen molar-refractivity contribution in [3.05, 3.63) is 126 Å². The predicted molar refractivity (Wildman–Crippen MR) is 300 cm³/mol. The van der Waals surface area contributed by atoms with Gasteiger partial charge in [-0.3, -0.25) is 19.4 Å². The fraction of sp³-hybridized carbons (Fsp3) is 0.500. The summed E-state index contributed by atoms with van der Waals surface area (Å²) in [5, 5.41) is 13.8. The first-order valence-corrected chi connectivity index (χ1v) is 27.9. The molecule has 3 amide bonds. The molecule has 21 heteroatoms. The van der Waals surface area contributed by atoms with E-state index in [0.29, 0.717) is 66.2 Å². The monoisotopic (exact) mass is 1140 g/mol. The van der Waals surface area contributed by atoms with Crippen molar-refractivity contribution in [2.45, 2.75) is 51.0 Å². The molecule has 416 valence electrons. The van der Waals surface area contributed by atoms with Gasteiger partial charge in [0.05, 0.1) is 51.6 Å². The van der Waals surface area contributed by atoms with Gasteiger partial charge in [0.2, 0.25) is 5.91 Å². The predicted octanol–water partition coefficient (Wildman–Crippen LogP) is 8.29. The number of fused-ring (bicyclic) bond motifs is 2. The Hall–Kier alpha value is -5.08. The quantitative estimate of drug-likeness (QED) is 0.140. The minimum absolute atomic E-state index is 0.0308. The number of aliphatic carboxylic acids is 1. The molecular weight excluding hydrogens is 1070 g/mol. The summed E-state index contributed by atoms with van der Waals surface area (Å²) in [5.41, 5.74) is 8.86. The second kappa shape index (κ2) is 28.2. The molecular formula is C56H70Cl4N8O9. The first-order chi connectivity index (χ1) is 37.2. The lowest BCUT2D eigenvalue weighted by Gasteiger charge is -2.37. The molecule has 4 aromatic carbocycles. The Balaban J connectivity index is 0.000000177. The van der Waals surface area contributed by atoms with E-state index in [0.717, 1.165) is 108 Å². The summed E-state index contributed by atoms with van der Waals surface area (Å²) in [6, 6.07) is 23.5. The van der Waals surface area contributed by atoms with Crippen LogP contribution in [0.15, 0.2) is 72.8 Å². The molecule has 2 atom stereocenters. The molecule has 0 bridgehead atoms. The van der Waals surface area contributed by atoms with E-state index in [-0.39, 0.29) is 49.9 Å². The van der Waals surface area contributed by atoms with Crippen LogP contribution in [-0.2, 0) is 54.6 Å². The van der Waals surface area contributed by atoms with Crippen molar-refractivity contribution in [1.29, 1.82) is 0 Å². The van der Waals surface area contributed by atoms with E-state index in [2.05, 4.69) is 56.4 Å². The first-order valence-electron chi connectivity index (χ1n) is 26.4. The van der Waals surface area contributed by atoms with Crippen LogP contribution in [-0.4, -0.2) is 186 Å². The van der Waals surface area contributed by atoms with Crippen LogP contribution in [0, 0.1) is 0 Å². The van der Waals surface area contributed by atoms with E-state index in [1.165, 1.54) is 27.9 Å². The Morgan fingerprint density at radius 1 is 0.571 bits per heavy atom. The highest BCUT2D eigenvalue weighted by Gasteiger charge is 2.33. The van der Waals surface area contributed by atoms with Gasteiger partial charge in [0, 0.05) is 124 Å². The number of aryl methyl sites for hydroxylation is 2. The molecule has 0 spiro atoms. The van der Waals surface area contributed by atoms with Crippen LogP contribution in [0.3, 0.4) is 0 Å². The molecule has 2 N–H and O–H groups in total. The van der Waals surface area contributed by atoms with Crippen molar-refractivity contribution in [1.82, 2.24) is 29.8 Å². The van der Waals surface area contributed by atoms with Gasteiger partial charge in [0.25, 0.3) is 0 Å². The van der Waals surface area contributed by atoms with Gasteiger partial charge in [-0.15, -0.1) is 0 Å². The fourth-order valence-electron chi connectivity index (χ4n) is 10.6. The first kappa shape index (κ1) is 58.1. The van der Waals surface area contributed by atoms with Gasteiger partial charge < -0.3 is 53.9 Å². The number of carboxylic acid groups (broad SMARTS) is 1. The number of halogens is 4. The molecule has 17 nitrogen and oxygen atoms in total. The maximum absolute atomic E-state index is 12.9. The summed E-state index contributed by atoms with van der Waals surface area (Å²) in [6.07, 6.45) is 2.95. The second-order valence-electron chi connectivity index (χ2n) is 20.0. The zero-order valence-electron chi connectivity index (χ0n) is 43.9. The Kier molecular flexibility index (Phi) is 21.3. The molecule has 2 aliphatic carbocycles. The Morgan fingerprint density at radius 2 is 0.987 bits per heavy atom. The Labute approximate surface area is 471 Å². The highest BCUT2D eigenvalue weighted by atomic mass is 35.5. The van der Waals surface area contributed by atoms with Gasteiger partial charge in [-0.2, -0.15) is 0 Å². The number of nitrogens with one attached hydrogen (secondary N) is 1. The van der Waals surface area contributed by atoms with E-state index in [1.54, 1.807) is 53.2 Å². The van der Waals surface area contributed by atoms with Gasteiger partial charge >= 0.3 is 18.2 Å². The average Bonchev–Trinajstić information content (AvgIpc) is 4.07. The van der Waals surface area contributed by atoms with Crippen LogP contribution in [0.1, 0.15) is 58.3 Å². The lowest BCUT2D eigenvalue weighted by atomic mass is 10.1. The summed E-state index contributed by atoms with van der Waals surface area (Å²) in [7, 11) is 3.60. The Morgan fingerprint density at radius 3 is 1.42 bits per heavy atom. The largest absolute Gasteiger partial charge is 0.480 e. The topological polar surface area (TPSA) is 160 Å². The number of amides is 3. The maximum Gasteiger partial charge on any atom is 0.410 e. The highest BCUT2D eigenvalue weighted by Crippen LogP contribution is 2.39. The van der Waals surface area contributed by atoms with Crippen molar-refractivity contribution < 1.29 is 43.2 Å². The van der Waals surface area contributed by atoms with Crippen LogP contribution < -0.4 is 15.1 Å². The normalized spacial score (nSPS) is 19.4. The minimum Gasteiger partial charge on any atom is -0.480 e. The molecule has 2 unspecified atom stereocenters. The van der Waals surface area contributed by atoms with Gasteiger partial charge in [-0.25, -0.2) is 9.59 Å². The summed E-state index contributed by atoms with van der Waals surface area (Å²) in [6.45, 7) is 13.7. The second-order valence-corrected chi connectivity index (χ2v) is 21.8. The summed E-state index contributed by atoms with van der Waals surface area (Å²) >= 11 is 24.2. The number of carbonyl (C=O) groups is 4. The average molecular weight is 1140 g/mol. The molecule has 6 aliphatic rings. The number of morpholine rings is 2. The number of benzene rings is 4. The standard InChI is InChI=1S/C28H34Cl2N4O4.C22H25Cl2N3O2.C6H11NO3/c1-31(28(36)38-19-20-14-22(29)16-23(30)15-20)26-5-3-21-2-4-24(17-25(21)26)33-6-8-34(9-7-33)27(35)18-32-10-12-37-13-11-32;1-26(22(28)29-14-15-10-17(23)12-18(24)11-15)21-5-3-16-2-4-19(13-20(16)21)27-8-6-25-7-9-27;8-6(9)5-7-1-3-10-4-2-7/h2,4,14-17,26H,3,5-13,18-19H2,1H3;2,4,10-13,21,25H,3,5-9,14H2,1H3;1-5H2,(H,8,9). The third-order valence-electron chi connectivity index (χ3n) is 14.8. The van der Waals surface area contributed by atoms with Gasteiger partial charge in [0.15, 0.2) is 0 Å². The molecule has 10 rings (SSSR count). The van der Waals surface area contributed by atoms with Crippen LogP contribution in [0.25, 0.3) is 0 Å². The molecule has 0 saturated carbocycles. The molecule has 4 aromatic rings. The number of ether oxygens (including phenoxy) is 4. The van der Waals surface area contributed by atoms with Crippen molar-refractivity contribution in [2.75, 3.05) is 142 Å². The number of nitrogens with zero attached hydrogens (tertiary/aromatic N) is 7. The van der Waals surface area contributed by atoms with E-state index < -0.39 is 5.97 Å². The van der Waals surface area contributed by atoms with E-state index in [4.69, 9.17) is 70.5 Å². The van der Waals surface area contributed by atoms with Crippen LogP contribution >= 0.6 is 46.4 Å². The fourth-order valence-corrected chi connectivity index (χ4v) is 11.8. The molecule has 0 radical (unpaired) electrons. The molecule has 4 heterocycles. The number of carboxylic acids is 1. The third-order valence-corrected chi connectivity index (χ3v) is 15.7. The molecule has 4 saturated heterocycles. The molecule has 0 aromatic heterocycles. The van der Waals surface area contributed by atoms with Crippen molar-refractivity contribution in [2.24, 2.45) is 0 Å². The number of rotatable bonds is 12. The number of piperazine rings is 2. The van der Waals surface area contributed by atoms with Crippen LogP contribution in [0.4, 0.5) is 21.0 Å². The Bertz CT molecular complexity index is 2620. The van der Waals surface area contributed by atoms with Gasteiger partial charge in [-0.1, -0.05) is 58.5 Å². The SMILES string of the molecule is CN(C(=O)OCc1cc(Cl)cc(Cl)c1)C1CCc2ccc(N3CCN(C(=O)CN4CCOCC4)CC3)cc21.CN(C(=O)OCc1cc(Cl)cc(Cl)c1)C1CCc2ccc(N3CCNCC3)cc21.O=C(O)CN1CCOCC1. The smallest absolute Gasteiger partial charge is 0.410 e. The number of anilines is 2. The summed E-state index contributed by atoms with van der Waals surface area (Å²) in [4.78, 5) is 62.7. The van der Waals surface area contributed by atoms with Gasteiger partial charge in [-0.05, 0) is 120 Å². The molecule has 4 aliphatic heterocycles. The van der Waals surface area contributed by atoms with Crippen molar-refractivity contribution >= 4 is 81.8 Å². The van der Waals surface area contributed by atoms with E-state index in [1.807, 2.05) is 16.8 Å². The number of carbonyl (C=O) groups excluding carboxylic acids is 3. The van der Waals surface area contributed by atoms with Crippen molar-refractivity contribution in [3.63, 3.8) is 0 Å². The minimum atomic E-state index is -0.762. The third kappa shape index (κ3) is 16.5. The van der Waals surface area contributed by atoms with Gasteiger partial charge in [0.1, 0.15) is 13.2 Å². The van der Waals surface area contributed by atoms with Crippen LogP contribution in [0.2, 0.25) is 20.1 Å². The maximum atomic E-state index is 12.9.